The van der Waals surface area contributed by atoms with Crippen molar-refractivity contribution in [2.75, 3.05) is 7.11 Å². The van der Waals surface area contributed by atoms with Crippen molar-refractivity contribution in [3.8, 4) is 5.75 Å². The van der Waals surface area contributed by atoms with E-state index in [0.29, 0.717) is 5.88 Å². The number of ether oxygens (including phenoxy) is 1. The molecule has 0 aromatic heterocycles. The van der Waals surface area contributed by atoms with Crippen molar-refractivity contribution in [2.24, 2.45) is 0 Å². The lowest BCUT2D eigenvalue weighted by molar-refractivity contribution is 0.414. The van der Waals surface area contributed by atoms with Crippen LogP contribution in [0.4, 0.5) is 0 Å². The summed E-state index contributed by atoms with van der Waals surface area (Å²) in [4.78, 5) is 1.14. The first-order chi connectivity index (χ1) is 9.22. The van der Waals surface area contributed by atoms with Gasteiger partial charge < -0.3 is 4.74 Å². The van der Waals surface area contributed by atoms with E-state index in [1.165, 1.54) is 5.56 Å². The van der Waals surface area contributed by atoms with Crippen LogP contribution in [0.15, 0.2) is 47.4 Å². The van der Waals surface area contributed by atoms with E-state index in [-0.39, 0.29) is 0 Å². The number of rotatable bonds is 5. The molecule has 0 N–H and O–H groups in total. The van der Waals surface area contributed by atoms with Crippen molar-refractivity contribution in [3.63, 3.8) is 0 Å². The Bertz CT molecular complexity index is 540. The summed E-state index contributed by atoms with van der Waals surface area (Å²) in [5.74, 6) is 2.26. The Morgan fingerprint density at radius 1 is 1.11 bits per heavy atom. The van der Waals surface area contributed by atoms with Crippen LogP contribution in [-0.4, -0.2) is 7.11 Å². The van der Waals surface area contributed by atoms with Crippen LogP contribution in [-0.2, 0) is 11.6 Å². The first-order valence-corrected chi connectivity index (χ1v) is 7.73. The molecular weight excluding hydrogens is 299 g/mol. The predicted molar refractivity (Wildman–Crippen MR) is 83.6 cm³/mol. The smallest absolute Gasteiger partial charge is 0.118 e. The molecule has 0 saturated heterocycles. The van der Waals surface area contributed by atoms with E-state index in [0.717, 1.165) is 27.0 Å². The van der Waals surface area contributed by atoms with E-state index in [2.05, 4.69) is 12.1 Å². The fourth-order valence-corrected chi connectivity index (χ4v) is 3.26. The van der Waals surface area contributed by atoms with Crippen LogP contribution in [0.1, 0.15) is 11.1 Å². The molecule has 2 aromatic rings. The Morgan fingerprint density at radius 2 is 1.84 bits per heavy atom. The average Bonchev–Trinajstić information content (AvgIpc) is 2.46. The lowest BCUT2D eigenvalue weighted by atomic mass is 10.2. The maximum atomic E-state index is 6.02. The summed E-state index contributed by atoms with van der Waals surface area (Å²) in [6, 6.07) is 13.9. The van der Waals surface area contributed by atoms with Crippen molar-refractivity contribution in [1.29, 1.82) is 0 Å². The number of alkyl halides is 1. The van der Waals surface area contributed by atoms with Crippen molar-refractivity contribution in [3.05, 3.63) is 58.6 Å². The molecule has 0 bridgehead atoms. The molecule has 0 aliphatic heterocycles. The van der Waals surface area contributed by atoms with Gasteiger partial charge in [-0.1, -0.05) is 29.8 Å². The van der Waals surface area contributed by atoms with Gasteiger partial charge >= 0.3 is 0 Å². The zero-order chi connectivity index (χ0) is 13.7. The second kappa shape index (κ2) is 7.09. The van der Waals surface area contributed by atoms with Gasteiger partial charge in [-0.25, -0.2) is 0 Å². The fraction of sp³-hybridized carbons (Fsp3) is 0.200. The van der Waals surface area contributed by atoms with Crippen molar-refractivity contribution in [1.82, 2.24) is 0 Å². The molecule has 1 nitrogen and oxygen atoms in total. The van der Waals surface area contributed by atoms with Gasteiger partial charge in [0.05, 0.1) is 7.11 Å². The van der Waals surface area contributed by atoms with Crippen LogP contribution in [0.5, 0.6) is 5.75 Å². The maximum absolute atomic E-state index is 6.02. The van der Waals surface area contributed by atoms with Crippen LogP contribution in [0.25, 0.3) is 0 Å². The molecule has 0 aliphatic rings. The first-order valence-electron chi connectivity index (χ1n) is 5.83. The normalized spacial score (nSPS) is 10.5. The summed E-state index contributed by atoms with van der Waals surface area (Å²) in [5.41, 5.74) is 2.36. The molecule has 0 spiro atoms. The van der Waals surface area contributed by atoms with E-state index in [4.69, 9.17) is 27.9 Å². The second-order valence-corrected chi connectivity index (χ2v) is 5.74. The summed E-state index contributed by atoms with van der Waals surface area (Å²) in [5, 5.41) is 0.742. The van der Waals surface area contributed by atoms with Crippen molar-refractivity contribution >= 4 is 35.0 Å². The highest BCUT2D eigenvalue weighted by molar-refractivity contribution is 7.98. The van der Waals surface area contributed by atoms with Gasteiger partial charge in [0.2, 0.25) is 0 Å². The minimum atomic E-state index is 0.502. The Balaban J connectivity index is 2.07. The van der Waals surface area contributed by atoms with E-state index < -0.39 is 0 Å². The third kappa shape index (κ3) is 4.07. The van der Waals surface area contributed by atoms with Gasteiger partial charge in [0, 0.05) is 21.6 Å². The van der Waals surface area contributed by atoms with Crippen LogP contribution >= 0.6 is 35.0 Å². The van der Waals surface area contributed by atoms with Gasteiger partial charge in [-0.05, 0) is 35.4 Å². The van der Waals surface area contributed by atoms with Crippen LogP contribution < -0.4 is 4.74 Å². The minimum absolute atomic E-state index is 0.502. The monoisotopic (exact) mass is 312 g/mol. The summed E-state index contributed by atoms with van der Waals surface area (Å²) in [7, 11) is 1.67. The zero-order valence-corrected chi connectivity index (χ0v) is 12.9. The molecule has 0 heterocycles. The summed E-state index contributed by atoms with van der Waals surface area (Å²) in [6.07, 6.45) is 0. The predicted octanol–water partition coefficient (Wildman–Crippen LogP) is 5.38. The SMILES string of the molecule is COc1ccc(CSc2cc(Cl)ccc2CCl)cc1. The number of benzene rings is 2. The number of hydrogen-bond acceptors (Lipinski definition) is 2. The number of hydrogen-bond donors (Lipinski definition) is 0. The van der Waals surface area contributed by atoms with Gasteiger partial charge in [0.1, 0.15) is 5.75 Å². The molecule has 0 atom stereocenters. The standard InChI is InChI=1S/C15H14Cl2OS/c1-18-14-6-2-11(3-7-14)10-19-15-8-13(17)5-4-12(15)9-16/h2-8H,9-10H2,1H3. The Kier molecular flexibility index (Phi) is 5.44. The van der Waals surface area contributed by atoms with Gasteiger partial charge in [-0.2, -0.15) is 0 Å². The third-order valence-corrected chi connectivity index (χ3v) is 4.42. The first kappa shape index (κ1) is 14.6. The second-order valence-electron chi connectivity index (χ2n) is 4.02. The van der Waals surface area contributed by atoms with Gasteiger partial charge in [-0.15, -0.1) is 23.4 Å². The molecule has 0 unspecified atom stereocenters. The molecule has 4 heteroatoms. The van der Waals surface area contributed by atoms with Crippen LogP contribution in [0.3, 0.4) is 0 Å². The molecule has 19 heavy (non-hydrogen) atoms. The van der Waals surface area contributed by atoms with E-state index in [1.807, 2.05) is 30.3 Å². The Hall–Kier alpha value is -0.830. The highest BCUT2D eigenvalue weighted by atomic mass is 35.5. The molecule has 0 saturated carbocycles. The molecule has 0 aliphatic carbocycles. The molecule has 0 amide bonds. The van der Waals surface area contributed by atoms with Gasteiger partial charge in [0.15, 0.2) is 0 Å². The quantitative estimate of drug-likeness (QED) is 0.541. The zero-order valence-electron chi connectivity index (χ0n) is 10.5. The van der Waals surface area contributed by atoms with E-state index in [1.54, 1.807) is 18.9 Å². The van der Waals surface area contributed by atoms with Gasteiger partial charge in [-0.3, -0.25) is 0 Å². The fourth-order valence-electron chi connectivity index (χ4n) is 1.66. The summed E-state index contributed by atoms with van der Waals surface area (Å²) < 4.78 is 5.14. The highest BCUT2D eigenvalue weighted by Crippen LogP contribution is 2.30. The summed E-state index contributed by atoms with van der Waals surface area (Å²) in [6.45, 7) is 0. The number of methoxy groups -OCH3 is 1. The number of thioether (sulfide) groups is 1. The molecule has 2 rings (SSSR count). The highest BCUT2D eigenvalue weighted by Gasteiger charge is 2.04. The molecule has 100 valence electrons. The maximum Gasteiger partial charge on any atom is 0.118 e. The van der Waals surface area contributed by atoms with Crippen LogP contribution in [0.2, 0.25) is 5.02 Å². The molecule has 2 aromatic carbocycles. The minimum Gasteiger partial charge on any atom is -0.497 e. The largest absolute Gasteiger partial charge is 0.497 e. The van der Waals surface area contributed by atoms with E-state index in [9.17, 15) is 0 Å². The van der Waals surface area contributed by atoms with Crippen molar-refractivity contribution in [2.45, 2.75) is 16.5 Å². The average molecular weight is 313 g/mol. The van der Waals surface area contributed by atoms with Crippen molar-refractivity contribution < 1.29 is 4.74 Å². The van der Waals surface area contributed by atoms with Crippen LogP contribution in [0, 0.1) is 0 Å². The lowest BCUT2D eigenvalue weighted by Crippen LogP contribution is -1.87. The molecule has 0 radical (unpaired) electrons. The topological polar surface area (TPSA) is 9.23 Å². The van der Waals surface area contributed by atoms with Gasteiger partial charge in [0.25, 0.3) is 0 Å². The Morgan fingerprint density at radius 3 is 2.47 bits per heavy atom. The summed E-state index contributed by atoms with van der Waals surface area (Å²) >= 11 is 13.7. The van der Waals surface area contributed by atoms with E-state index >= 15 is 0 Å². The lowest BCUT2D eigenvalue weighted by Gasteiger charge is -2.08. The third-order valence-electron chi connectivity index (χ3n) is 2.73. The molecule has 0 fully saturated rings. The molecular formula is C15H14Cl2OS. The number of halogens is 2. The Labute approximate surface area is 127 Å².